The van der Waals surface area contributed by atoms with Gasteiger partial charge in [-0.3, -0.25) is 4.90 Å². The van der Waals surface area contributed by atoms with Crippen molar-refractivity contribution in [3.63, 3.8) is 0 Å². The Kier molecular flexibility index (Phi) is 5.32. The number of aliphatic carboxylic acids is 1. The molecule has 0 aliphatic carbocycles. The van der Waals surface area contributed by atoms with Gasteiger partial charge in [-0.2, -0.15) is 5.10 Å². The van der Waals surface area contributed by atoms with E-state index in [-0.39, 0.29) is 18.4 Å². The van der Waals surface area contributed by atoms with Gasteiger partial charge < -0.3 is 15.6 Å². The maximum Gasteiger partial charge on any atom is 0.411 e. The monoisotopic (exact) mass is 428 g/mol. The molecule has 0 radical (unpaired) electrons. The van der Waals surface area contributed by atoms with Crippen LogP contribution in [0, 0.1) is 0 Å². The Morgan fingerprint density at radius 1 is 1.13 bits per heavy atom. The number of carboxylic acids is 1. The first-order valence-corrected chi connectivity index (χ1v) is 10.3. The van der Waals surface area contributed by atoms with Gasteiger partial charge in [-0.1, -0.05) is 26.8 Å². The number of rotatable bonds is 2. The molecular weight excluding hydrogens is 396 g/mol. The number of nitrogens with zero attached hydrogens (tertiary/aromatic N) is 3. The van der Waals surface area contributed by atoms with Crippen molar-refractivity contribution in [2.45, 2.75) is 78.0 Å². The molecule has 1 aromatic carbocycles. The number of hydrogen-bond donors (Lipinski definition) is 2. The maximum atomic E-state index is 12.9. The molecule has 0 saturated heterocycles. The van der Waals surface area contributed by atoms with Crippen molar-refractivity contribution >= 4 is 17.9 Å². The Hall–Kier alpha value is -3.03. The number of carbonyl (C=O) groups excluding carboxylic acids is 1. The molecule has 2 heterocycles. The number of ether oxygens (including phenoxy) is 1. The summed E-state index contributed by atoms with van der Waals surface area (Å²) in [6.07, 6.45) is -0.471. The fraction of sp³-hybridized carbons (Fsp3) is 0.522. The zero-order valence-electron chi connectivity index (χ0n) is 19.3. The van der Waals surface area contributed by atoms with Gasteiger partial charge in [0.1, 0.15) is 17.0 Å². The molecule has 168 valence electrons. The van der Waals surface area contributed by atoms with Gasteiger partial charge in [0, 0.05) is 17.9 Å². The van der Waals surface area contributed by atoms with Gasteiger partial charge in [0.15, 0.2) is 0 Å². The van der Waals surface area contributed by atoms with Gasteiger partial charge in [-0.15, -0.1) is 0 Å². The zero-order chi connectivity index (χ0) is 23.4. The van der Waals surface area contributed by atoms with Gasteiger partial charge >= 0.3 is 12.1 Å². The molecule has 1 aliphatic heterocycles. The SMILES string of the molecule is CC(C)(C)OC(=O)N1Cc2cc(-n3nc(C(C)(C)C)cc3N)ccc2C[C@@]1(C)C(=O)O. The zero-order valence-corrected chi connectivity index (χ0v) is 19.3. The van der Waals surface area contributed by atoms with Crippen molar-refractivity contribution in [2.24, 2.45) is 0 Å². The molecule has 0 fully saturated rings. The van der Waals surface area contributed by atoms with Crippen molar-refractivity contribution in [3.05, 3.63) is 41.1 Å². The van der Waals surface area contributed by atoms with Crippen LogP contribution in [-0.4, -0.2) is 43.0 Å². The number of aromatic nitrogens is 2. The van der Waals surface area contributed by atoms with E-state index in [2.05, 4.69) is 25.9 Å². The second-order valence-electron chi connectivity index (χ2n) is 10.4. The van der Waals surface area contributed by atoms with Crippen LogP contribution in [0.1, 0.15) is 65.3 Å². The molecule has 1 aliphatic rings. The summed E-state index contributed by atoms with van der Waals surface area (Å²) in [6, 6.07) is 7.52. The summed E-state index contributed by atoms with van der Waals surface area (Å²) in [7, 11) is 0. The van der Waals surface area contributed by atoms with Crippen LogP contribution in [0.5, 0.6) is 0 Å². The summed E-state index contributed by atoms with van der Waals surface area (Å²) in [5, 5.41) is 14.6. The van der Waals surface area contributed by atoms with Crippen molar-refractivity contribution < 1.29 is 19.4 Å². The molecule has 3 rings (SSSR count). The van der Waals surface area contributed by atoms with Gasteiger partial charge in [-0.25, -0.2) is 14.3 Å². The molecule has 1 aromatic heterocycles. The summed E-state index contributed by atoms with van der Waals surface area (Å²) >= 11 is 0. The van der Waals surface area contributed by atoms with E-state index in [0.717, 1.165) is 22.5 Å². The lowest BCUT2D eigenvalue weighted by Crippen LogP contribution is -2.59. The van der Waals surface area contributed by atoms with Crippen LogP contribution in [-0.2, 0) is 27.9 Å². The number of nitrogens with two attached hydrogens (primary N) is 1. The van der Waals surface area contributed by atoms with E-state index in [4.69, 9.17) is 10.5 Å². The second kappa shape index (κ2) is 7.28. The van der Waals surface area contributed by atoms with Crippen molar-refractivity contribution in [1.82, 2.24) is 14.7 Å². The minimum Gasteiger partial charge on any atom is -0.479 e. The van der Waals surface area contributed by atoms with E-state index in [1.54, 1.807) is 32.4 Å². The highest BCUT2D eigenvalue weighted by Gasteiger charge is 2.47. The number of carbonyl (C=O) groups is 2. The molecule has 2 aromatic rings. The summed E-state index contributed by atoms with van der Waals surface area (Å²) < 4.78 is 7.17. The molecular formula is C23H32N4O4. The molecule has 0 unspecified atom stereocenters. The average molecular weight is 429 g/mol. The average Bonchev–Trinajstić information content (AvgIpc) is 3.01. The highest BCUT2D eigenvalue weighted by Crippen LogP contribution is 2.34. The van der Waals surface area contributed by atoms with Crippen LogP contribution < -0.4 is 5.73 Å². The third-order valence-corrected chi connectivity index (χ3v) is 5.47. The Balaban J connectivity index is 2.02. The lowest BCUT2D eigenvalue weighted by atomic mass is 9.84. The predicted octanol–water partition coefficient (Wildman–Crippen LogP) is 3.89. The molecule has 0 bridgehead atoms. The summed E-state index contributed by atoms with van der Waals surface area (Å²) in [6.45, 7) is 13.1. The number of anilines is 1. The standard InChI is InChI=1S/C23H32N4O4/c1-21(2,3)17-11-18(24)27(25-17)16-9-8-14-12-23(7,19(28)29)26(13-15(14)10-16)20(30)31-22(4,5)6/h8-11H,12-13,24H2,1-7H3,(H,28,29)/t23-/m0/s1. The molecule has 1 atom stereocenters. The first-order chi connectivity index (χ1) is 14.1. The van der Waals surface area contributed by atoms with E-state index in [1.165, 1.54) is 4.90 Å². The van der Waals surface area contributed by atoms with Gasteiger partial charge in [0.25, 0.3) is 0 Å². The summed E-state index contributed by atoms with van der Waals surface area (Å²) in [5.41, 5.74) is 7.27. The van der Waals surface area contributed by atoms with E-state index >= 15 is 0 Å². The van der Waals surface area contributed by atoms with Gasteiger partial charge in [0.05, 0.1) is 17.9 Å². The predicted molar refractivity (Wildman–Crippen MR) is 118 cm³/mol. The third-order valence-electron chi connectivity index (χ3n) is 5.47. The van der Waals surface area contributed by atoms with E-state index in [1.807, 2.05) is 24.3 Å². The Morgan fingerprint density at radius 2 is 1.77 bits per heavy atom. The van der Waals surface area contributed by atoms with Gasteiger partial charge in [0.2, 0.25) is 0 Å². The molecule has 8 nitrogen and oxygen atoms in total. The Bertz CT molecular complexity index is 1030. The van der Waals surface area contributed by atoms with E-state index in [0.29, 0.717) is 5.82 Å². The molecule has 0 saturated carbocycles. The number of carboxylic acid groups (broad SMARTS) is 1. The van der Waals surface area contributed by atoms with Gasteiger partial charge in [-0.05, 0) is 51.0 Å². The first-order valence-electron chi connectivity index (χ1n) is 10.3. The molecule has 3 N–H and O–H groups in total. The minimum atomic E-state index is -1.40. The molecule has 0 spiro atoms. The number of hydrogen-bond acceptors (Lipinski definition) is 5. The minimum absolute atomic E-state index is 0.119. The van der Waals surface area contributed by atoms with Crippen LogP contribution in [0.4, 0.5) is 10.6 Å². The van der Waals surface area contributed by atoms with Crippen molar-refractivity contribution in [3.8, 4) is 5.69 Å². The van der Waals surface area contributed by atoms with E-state index < -0.39 is 23.2 Å². The number of nitrogen functional groups attached to an aromatic ring is 1. The fourth-order valence-electron chi connectivity index (χ4n) is 3.62. The van der Waals surface area contributed by atoms with Crippen LogP contribution in [0.25, 0.3) is 5.69 Å². The lowest BCUT2D eigenvalue weighted by molar-refractivity contribution is -0.151. The van der Waals surface area contributed by atoms with E-state index in [9.17, 15) is 14.7 Å². The molecule has 8 heteroatoms. The number of fused-ring (bicyclic) bond motifs is 1. The second-order valence-corrected chi connectivity index (χ2v) is 10.4. The third kappa shape index (κ3) is 4.38. The Morgan fingerprint density at radius 3 is 2.29 bits per heavy atom. The smallest absolute Gasteiger partial charge is 0.411 e. The van der Waals surface area contributed by atoms with Crippen LogP contribution in [0.15, 0.2) is 24.3 Å². The maximum absolute atomic E-state index is 12.9. The number of amides is 1. The molecule has 1 amide bonds. The molecule has 31 heavy (non-hydrogen) atoms. The first kappa shape index (κ1) is 22.7. The highest BCUT2D eigenvalue weighted by molar-refractivity contribution is 5.85. The topological polar surface area (TPSA) is 111 Å². The normalized spacial score (nSPS) is 19.1. The van der Waals surface area contributed by atoms with Crippen molar-refractivity contribution in [1.29, 1.82) is 0 Å². The van der Waals surface area contributed by atoms with Crippen LogP contribution >= 0.6 is 0 Å². The number of benzene rings is 1. The van der Waals surface area contributed by atoms with Crippen molar-refractivity contribution in [2.75, 3.05) is 5.73 Å². The van der Waals surface area contributed by atoms with Crippen LogP contribution in [0.3, 0.4) is 0 Å². The Labute approximate surface area is 183 Å². The largest absolute Gasteiger partial charge is 0.479 e. The van der Waals surface area contributed by atoms with Crippen LogP contribution in [0.2, 0.25) is 0 Å². The quantitative estimate of drug-likeness (QED) is 0.751. The summed E-state index contributed by atoms with van der Waals surface area (Å²) in [4.78, 5) is 26.3. The fourth-order valence-corrected chi connectivity index (χ4v) is 3.62. The summed E-state index contributed by atoms with van der Waals surface area (Å²) in [5.74, 6) is -0.556. The lowest BCUT2D eigenvalue weighted by Gasteiger charge is -2.42. The highest BCUT2D eigenvalue weighted by atomic mass is 16.6.